The Balaban J connectivity index is 1.94. The van der Waals surface area contributed by atoms with Gasteiger partial charge in [0, 0.05) is 0 Å². The molecule has 30 heavy (non-hydrogen) atoms. The van der Waals surface area contributed by atoms with Gasteiger partial charge in [0.1, 0.15) is 12.4 Å². The van der Waals surface area contributed by atoms with E-state index in [9.17, 15) is 4.79 Å². The maximum Gasteiger partial charge on any atom is 0.360 e. The molecule has 0 N–H and O–H groups in total. The molecule has 0 amide bonds. The molecule has 6 heteroatoms. The van der Waals surface area contributed by atoms with Gasteiger partial charge in [-0.3, -0.25) is 0 Å². The molecule has 1 unspecified atom stereocenters. The molecule has 0 aliphatic carbocycles. The number of oxazole rings is 1. The number of hydrogen-bond acceptors (Lipinski definition) is 5. The van der Waals surface area contributed by atoms with Crippen LogP contribution in [0.5, 0.6) is 0 Å². The number of unbranched alkanes of at least 4 members (excludes halogenated alkanes) is 3. The standard InChI is InChI=1S/C24H37NO4Si/c1-24(2,3)30(5,6)29-21(22-25-20(18-28-22)23(26)27-4)17-13-8-7-10-14-19-15-11-9-12-16-19/h9,11-12,15-16,18,21H,7-8,10,13-14,17H2,1-6H3. The number of esters is 1. The molecule has 0 spiro atoms. The van der Waals surface area contributed by atoms with Crippen molar-refractivity contribution in [1.29, 1.82) is 0 Å². The van der Waals surface area contributed by atoms with E-state index in [0.717, 1.165) is 25.7 Å². The number of benzene rings is 1. The van der Waals surface area contributed by atoms with Gasteiger partial charge in [-0.05, 0) is 43.0 Å². The molecular weight excluding hydrogens is 394 g/mol. The number of nitrogens with zero attached hydrogens (tertiary/aromatic N) is 1. The van der Waals surface area contributed by atoms with Crippen molar-refractivity contribution >= 4 is 14.3 Å². The van der Waals surface area contributed by atoms with E-state index in [0.29, 0.717) is 5.89 Å². The van der Waals surface area contributed by atoms with Crippen molar-refractivity contribution in [3.05, 3.63) is 53.7 Å². The zero-order chi connectivity index (χ0) is 22.2. The van der Waals surface area contributed by atoms with Crippen molar-refractivity contribution in [2.75, 3.05) is 7.11 Å². The lowest BCUT2D eigenvalue weighted by molar-refractivity contribution is 0.0593. The molecule has 1 aromatic carbocycles. The van der Waals surface area contributed by atoms with E-state index in [2.05, 4.69) is 69.2 Å². The summed E-state index contributed by atoms with van der Waals surface area (Å²) in [4.78, 5) is 16.1. The van der Waals surface area contributed by atoms with Gasteiger partial charge in [0.2, 0.25) is 5.89 Å². The van der Waals surface area contributed by atoms with Gasteiger partial charge in [-0.2, -0.15) is 0 Å². The van der Waals surface area contributed by atoms with Crippen LogP contribution in [0.15, 0.2) is 41.0 Å². The highest BCUT2D eigenvalue weighted by molar-refractivity contribution is 6.74. The van der Waals surface area contributed by atoms with Crippen molar-refractivity contribution in [1.82, 2.24) is 4.98 Å². The number of aryl methyl sites for hydroxylation is 1. The Kier molecular flexibility index (Phi) is 8.86. The second-order valence-electron chi connectivity index (χ2n) is 9.37. The molecule has 0 aliphatic rings. The van der Waals surface area contributed by atoms with E-state index >= 15 is 0 Å². The van der Waals surface area contributed by atoms with Gasteiger partial charge in [-0.1, -0.05) is 70.4 Å². The third-order valence-corrected chi connectivity index (χ3v) is 10.4. The van der Waals surface area contributed by atoms with E-state index in [1.54, 1.807) is 0 Å². The molecule has 2 aromatic rings. The maximum absolute atomic E-state index is 11.8. The van der Waals surface area contributed by atoms with Crippen molar-refractivity contribution in [2.45, 2.75) is 83.5 Å². The molecule has 166 valence electrons. The Labute approximate surface area is 182 Å². The highest BCUT2D eigenvalue weighted by Gasteiger charge is 2.40. The fraction of sp³-hybridized carbons (Fsp3) is 0.583. The van der Waals surface area contributed by atoms with E-state index in [4.69, 9.17) is 13.6 Å². The summed E-state index contributed by atoms with van der Waals surface area (Å²) in [6.45, 7) is 11.1. The number of carbonyl (C=O) groups is 1. The van der Waals surface area contributed by atoms with Crippen LogP contribution in [0, 0.1) is 0 Å². The average molecular weight is 432 g/mol. The van der Waals surface area contributed by atoms with Gasteiger partial charge in [-0.25, -0.2) is 9.78 Å². The van der Waals surface area contributed by atoms with Gasteiger partial charge < -0.3 is 13.6 Å². The smallest absolute Gasteiger partial charge is 0.360 e. The minimum Gasteiger partial charge on any atom is -0.464 e. The van der Waals surface area contributed by atoms with Gasteiger partial charge >= 0.3 is 5.97 Å². The normalized spacial score (nSPS) is 13.3. The largest absolute Gasteiger partial charge is 0.464 e. The number of hydrogen-bond donors (Lipinski definition) is 0. The molecule has 1 atom stereocenters. The molecule has 0 radical (unpaired) electrons. The molecular formula is C24H37NO4Si. The summed E-state index contributed by atoms with van der Waals surface area (Å²) >= 11 is 0. The van der Waals surface area contributed by atoms with Crippen LogP contribution < -0.4 is 0 Å². The summed E-state index contributed by atoms with van der Waals surface area (Å²) in [6, 6.07) is 10.6. The average Bonchev–Trinajstić information content (AvgIpc) is 3.19. The van der Waals surface area contributed by atoms with Gasteiger partial charge in [0.05, 0.1) is 7.11 Å². The molecule has 0 saturated heterocycles. The predicted molar refractivity (Wildman–Crippen MR) is 122 cm³/mol. The minimum atomic E-state index is -2.01. The summed E-state index contributed by atoms with van der Waals surface area (Å²) in [5.41, 5.74) is 1.59. The monoisotopic (exact) mass is 431 g/mol. The fourth-order valence-electron chi connectivity index (χ4n) is 3.06. The second-order valence-corrected chi connectivity index (χ2v) is 14.1. The molecule has 0 saturated carbocycles. The Hall–Kier alpha value is -1.92. The van der Waals surface area contributed by atoms with Crippen molar-refractivity contribution in [3.63, 3.8) is 0 Å². The van der Waals surface area contributed by atoms with Gasteiger partial charge in [0.15, 0.2) is 14.0 Å². The van der Waals surface area contributed by atoms with Crippen LogP contribution in [0.25, 0.3) is 0 Å². The highest BCUT2D eigenvalue weighted by atomic mass is 28.4. The third kappa shape index (κ3) is 7.09. The summed E-state index contributed by atoms with van der Waals surface area (Å²) in [5.74, 6) is -0.0125. The summed E-state index contributed by atoms with van der Waals surface area (Å²) < 4.78 is 17.0. The first-order chi connectivity index (χ1) is 14.1. The van der Waals surface area contributed by atoms with Crippen molar-refractivity contribution in [3.8, 4) is 0 Å². The fourth-order valence-corrected chi connectivity index (χ4v) is 4.34. The minimum absolute atomic E-state index is 0.0820. The second kappa shape index (κ2) is 10.9. The predicted octanol–water partition coefficient (Wildman–Crippen LogP) is 6.72. The summed E-state index contributed by atoms with van der Waals surface area (Å²) in [5, 5.41) is 0.0820. The lowest BCUT2D eigenvalue weighted by Crippen LogP contribution is -2.42. The van der Waals surface area contributed by atoms with Crippen molar-refractivity contribution in [2.24, 2.45) is 0 Å². The first kappa shape index (κ1) is 24.3. The van der Waals surface area contributed by atoms with Crippen LogP contribution in [0.1, 0.15) is 80.9 Å². The Morgan fingerprint density at radius 3 is 2.40 bits per heavy atom. The zero-order valence-corrected chi connectivity index (χ0v) is 20.4. The van der Waals surface area contributed by atoms with Crippen LogP contribution in [-0.2, 0) is 15.6 Å². The van der Waals surface area contributed by atoms with Gasteiger partial charge in [0.25, 0.3) is 0 Å². The van der Waals surface area contributed by atoms with Crippen LogP contribution in [0.4, 0.5) is 0 Å². The zero-order valence-electron chi connectivity index (χ0n) is 19.4. The quantitative estimate of drug-likeness (QED) is 0.224. The summed E-state index contributed by atoms with van der Waals surface area (Å²) in [7, 11) is -0.670. The third-order valence-electron chi connectivity index (χ3n) is 5.96. The summed E-state index contributed by atoms with van der Waals surface area (Å²) in [6.07, 6.45) is 7.61. The molecule has 0 fully saturated rings. The first-order valence-electron chi connectivity index (χ1n) is 10.9. The van der Waals surface area contributed by atoms with Gasteiger partial charge in [-0.15, -0.1) is 0 Å². The number of rotatable bonds is 11. The molecule has 1 aromatic heterocycles. The van der Waals surface area contributed by atoms with E-state index in [1.165, 1.54) is 31.8 Å². The van der Waals surface area contributed by atoms with Crippen LogP contribution in [0.2, 0.25) is 18.1 Å². The lowest BCUT2D eigenvalue weighted by Gasteiger charge is -2.38. The molecule has 5 nitrogen and oxygen atoms in total. The Morgan fingerprint density at radius 1 is 1.10 bits per heavy atom. The Morgan fingerprint density at radius 2 is 1.77 bits per heavy atom. The van der Waals surface area contributed by atoms with Crippen LogP contribution in [0.3, 0.4) is 0 Å². The molecule has 0 aliphatic heterocycles. The number of aromatic nitrogens is 1. The van der Waals surface area contributed by atoms with E-state index in [1.807, 2.05) is 0 Å². The Bertz CT molecular complexity index is 780. The van der Waals surface area contributed by atoms with Crippen LogP contribution in [-0.4, -0.2) is 26.4 Å². The SMILES string of the molecule is COC(=O)c1coc(C(CCCCCCc2ccccc2)O[Si](C)(C)C(C)(C)C)n1. The number of carbonyl (C=O) groups excluding carboxylic acids is 1. The first-order valence-corrected chi connectivity index (χ1v) is 13.8. The van der Waals surface area contributed by atoms with E-state index < -0.39 is 14.3 Å². The molecule has 0 bridgehead atoms. The highest BCUT2D eigenvalue weighted by Crippen LogP contribution is 2.40. The molecule has 2 rings (SSSR count). The van der Waals surface area contributed by atoms with E-state index in [-0.39, 0.29) is 16.8 Å². The molecule has 1 heterocycles. The van der Waals surface area contributed by atoms with Crippen molar-refractivity contribution < 1.29 is 18.4 Å². The number of methoxy groups -OCH3 is 1. The van der Waals surface area contributed by atoms with Crippen LogP contribution >= 0.6 is 0 Å². The number of ether oxygens (including phenoxy) is 1. The lowest BCUT2D eigenvalue weighted by atomic mass is 10.0. The maximum atomic E-state index is 11.8. The topological polar surface area (TPSA) is 61.6 Å².